The van der Waals surface area contributed by atoms with E-state index in [9.17, 15) is 9.59 Å². The zero-order valence-corrected chi connectivity index (χ0v) is 14.3. The van der Waals surface area contributed by atoms with Gasteiger partial charge in [0, 0.05) is 31.7 Å². The lowest BCUT2D eigenvalue weighted by Crippen LogP contribution is -2.35. The van der Waals surface area contributed by atoms with Crippen LogP contribution in [0.3, 0.4) is 0 Å². The van der Waals surface area contributed by atoms with E-state index in [4.69, 9.17) is 9.52 Å². The maximum Gasteiger partial charge on any atom is 0.339 e. The number of aromatic carboxylic acids is 1. The topological polar surface area (TPSA) is 74.0 Å². The lowest BCUT2D eigenvalue weighted by Gasteiger charge is -2.21. The number of aryl methyl sites for hydroxylation is 1. The van der Waals surface area contributed by atoms with Gasteiger partial charge in [-0.1, -0.05) is 18.2 Å². The Bertz CT molecular complexity index is 754. The van der Waals surface area contributed by atoms with Gasteiger partial charge in [0.2, 0.25) is 0 Å². The van der Waals surface area contributed by atoms with Gasteiger partial charge >= 0.3 is 5.97 Å². The number of rotatable bonds is 4. The van der Waals surface area contributed by atoms with E-state index < -0.39 is 5.97 Å². The second-order valence-electron chi connectivity index (χ2n) is 6.28. The number of benzene rings is 1. The van der Waals surface area contributed by atoms with Gasteiger partial charge in [-0.2, -0.15) is 0 Å². The smallest absolute Gasteiger partial charge is 0.339 e. The van der Waals surface area contributed by atoms with E-state index in [-0.39, 0.29) is 11.5 Å². The minimum atomic E-state index is -0.969. The highest BCUT2D eigenvalue weighted by Crippen LogP contribution is 2.18. The highest BCUT2D eigenvalue weighted by molar-refractivity contribution is 5.94. The molecule has 0 radical (unpaired) electrons. The van der Waals surface area contributed by atoms with Gasteiger partial charge in [-0.15, -0.1) is 0 Å². The van der Waals surface area contributed by atoms with Crippen molar-refractivity contribution in [2.75, 3.05) is 26.2 Å². The lowest BCUT2D eigenvalue weighted by molar-refractivity contribution is 0.0694. The van der Waals surface area contributed by atoms with E-state index in [0.29, 0.717) is 30.2 Å². The van der Waals surface area contributed by atoms with Gasteiger partial charge in [0.05, 0.1) is 6.54 Å². The quantitative estimate of drug-likeness (QED) is 0.924. The third-order valence-corrected chi connectivity index (χ3v) is 4.48. The molecule has 1 amide bonds. The van der Waals surface area contributed by atoms with Crippen LogP contribution in [0, 0.1) is 6.92 Å². The Balaban J connectivity index is 1.61. The Kier molecular flexibility index (Phi) is 5.19. The SMILES string of the molecule is Cc1oc(CN2CCCN(C(=O)c3ccccc3)CC2)cc1C(=O)O. The molecule has 25 heavy (non-hydrogen) atoms. The van der Waals surface area contributed by atoms with Crippen LogP contribution in [0.1, 0.15) is 38.7 Å². The molecule has 2 heterocycles. The first kappa shape index (κ1) is 17.2. The number of hydrogen-bond acceptors (Lipinski definition) is 4. The molecule has 1 saturated heterocycles. The molecule has 0 saturated carbocycles. The Labute approximate surface area is 146 Å². The third-order valence-electron chi connectivity index (χ3n) is 4.48. The number of nitrogens with zero attached hydrogens (tertiary/aromatic N) is 2. The van der Waals surface area contributed by atoms with Crippen LogP contribution in [-0.4, -0.2) is 53.0 Å². The van der Waals surface area contributed by atoms with E-state index in [0.717, 1.165) is 26.1 Å². The fourth-order valence-corrected chi connectivity index (χ4v) is 3.15. The number of hydrogen-bond donors (Lipinski definition) is 1. The maximum absolute atomic E-state index is 12.6. The number of carbonyl (C=O) groups is 2. The summed E-state index contributed by atoms with van der Waals surface area (Å²) in [6.45, 7) is 5.18. The molecule has 1 N–H and O–H groups in total. The summed E-state index contributed by atoms with van der Waals surface area (Å²) in [5.41, 5.74) is 0.925. The lowest BCUT2D eigenvalue weighted by atomic mass is 10.2. The van der Waals surface area contributed by atoms with E-state index in [1.165, 1.54) is 0 Å². The molecule has 0 atom stereocenters. The van der Waals surface area contributed by atoms with E-state index in [1.807, 2.05) is 35.2 Å². The second kappa shape index (κ2) is 7.53. The standard InChI is InChI=1S/C19H22N2O4/c1-14-17(19(23)24)12-16(25-14)13-20-8-5-9-21(11-10-20)18(22)15-6-3-2-4-7-15/h2-4,6-7,12H,5,8-11,13H2,1H3,(H,23,24). The van der Waals surface area contributed by atoms with Crippen LogP contribution in [0.2, 0.25) is 0 Å². The van der Waals surface area contributed by atoms with Crippen molar-refractivity contribution < 1.29 is 19.1 Å². The molecule has 0 bridgehead atoms. The van der Waals surface area contributed by atoms with Crippen molar-refractivity contribution in [3.63, 3.8) is 0 Å². The average Bonchev–Trinajstić information content (AvgIpc) is 2.82. The van der Waals surface area contributed by atoms with Crippen LogP contribution >= 0.6 is 0 Å². The Hall–Kier alpha value is -2.60. The number of furan rings is 1. The van der Waals surface area contributed by atoms with E-state index in [1.54, 1.807) is 13.0 Å². The fourth-order valence-electron chi connectivity index (χ4n) is 3.15. The molecular formula is C19H22N2O4. The van der Waals surface area contributed by atoms with E-state index >= 15 is 0 Å². The highest BCUT2D eigenvalue weighted by atomic mass is 16.4. The molecule has 1 aromatic carbocycles. The van der Waals surface area contributed by atoms with Gasteiger partial charge in [0.25, 0.3) is 5.91 Å². The summed E-state index contributed by atoms with van der Waals surface area (Å²) in [5, 5.41) is 9.12. The van der Waals surface area contributed by atoms with Crippen molar-refractivity contribution in [2.45, 2.75) is 19.9 Å². The first-order valence-corrected chi connectivity index (χ1v) is 8.44. The van der Waals surface area contributed by atoms with Crippen molar-refractivity contribution in [1.29, 1.82) is 0 Å². The number of carbonyl (C=O) groups excluding carboxylic acids is 1. The van der Waals surface area contributed by atoms with Crippen LogP contribution in [0.15, 0.2) is 40.8 Å². The predicted molar refractivity (Wildman–Crippen MR) is 92.6 cm³/mol. The zero-order chi connectivity index (χ0) is 17.8. The molecule has 0 unspecified atom stereocenters. The summed E-state index contributed by atoms with van der Waals surface area (Å²) in [6.07, 6.45) is 0.879. The molecule has 6 heteroatoms. The van der Waals surface area contributed by atoms with Crippen LogP contribution in [0.5, 0.6) is 0 Å². The summed E-state index contributed by atoms with van der Waals surface area (Å²) in [4.78, 5) is 27.8. The molecule has 1 aliphatic heterocycles. The van der Waals surface area contributed by atoms with Gasteiger partial charge in [0.15, 0.2) is 0 Å². The molecule has 132 valence electrons. The van der Waals surface area contributed by atoms with Gasteiger partial charge in [0.1, 0.15) is 17.1 Å². The molecule has 3 rings (SSSR count). The van der Waals surface area contributed by atoms with Gasteiger partial charge in [-0.25, -0.2) is 4.79 Å². The molecule has 0 aliphatic carbocycles. The molecule has 0 spiro atoms. The summed E-state index contributed by atoms with van der Waals surface area (Å²) in [7, 11) is 0. The Morgan fingerprint density at radius 2 is 1.88 bits per heavy atom. The third kappa shape index (κ3) is 4.09. The number of carboxylic acid groups (broad SMARTS) is 1. The number of amides is 1. The normalized spacial score (nSPS) is 15.8. The Morgan fingerprint density at radius 1 is 1.12 bits per heavy atom. The largest absolute Gasteiger partial charge is 0.478 e. The van der Waals surface area contributed by atoms with Crippen molar-refractivity contribution in [3.8, 4) is 0 Å². The fraction of sp³-hybridized carbons (Fsp3) is 0.368. The molecule has 1 fully saturated rings. The van der Waals surface area contributed by atoms with Gasteiger partial charge in [-0.3, -0.25) is 9.69 Å². The summed E-state index contributed by atoms with van der Waals surface area (Å²) < 4.78 is 5.56. The molecular weight excluding hydrogens is 320 g/mol. The summed E-state index contributed by atoms with van der Waals surface area (Å²) in [5.74, 6) is 0.170. The monoisotopic (exact) mass is 342 g/mol. The second-order valence-corrected chi connectivity index (χ2v) is 6.28. The Morgan fingerprint density at radius 3 is 2.56 bits per heavy atom. The van der Waals surface area contributed by atoms with Gasteiger partial charge in [-0.05, 0) is 31.5 Å². The number of carboxylic acids is 1. The maximum atomic E-state index is 12.6. The van der Waals surface area contributed by atoms with Crippen LogP contribution < -0.4 is 0 Å². The highest BCUT2D eigenvalue weighted by Gasteiger charge is 2.21. The van der Waals surface area contributed by atoms with Crippen molar-refractivity contribution >= 4 is 11.9 Å². The van der Waals surface area contributed by atoms with E-state index in [2.05, 4.69) is 4.90 Å². The van der Waals surface area contributed by atoms with Crippen LogP contribution in [0.25, 0.3) is 0 Å². The van der Waals surface area contributed by atoms with Crippen molar-refractivity contribution in [3.05, 3.63) is 59.0 Å². The predicted octanol–water partition coefficient (Wildman–Crippen LogP) is 2.63. The minimum absolute atomic E-state index is 0.0597. The molecule has 6 nitrogen and oxygen atoms in total. The summed E-state index contributed by atoms with van der Waals surface area (Å²) >= 11 is 0. The summed E-state index contributed by atoms with van der Waals surface area (Å²) in [6, 6.07) is 10.9. The first-order chi connectivity index (χ1) is 12.0. The van der Waals surface area contributed by atoms with Crippen LogP contribution in [-0.2, 0) is 6.54 Å². The molecule has 1 aromatic heterocycles. The van der Waals surface area contributed by atoms with Crippen molar-refractivity contribution in [2.24, 2.45) is 0 Å². The van der Waals surface area contributed by atoms with Gasteiger partial charge < -0.3 is 14.4 Å². The average molecular weight is 342 g/mol. The first-order valence-electron chi connectivity index (χ1n) is 8.44. The molecule has 1 aliphatic rings. The van der Waals surface area contributed by atoms with Crippen LogP contribution in [0.4, 0.5) is 0 Å². The zero-order valence-electron chi connectivity index (χ0n) is 14.3. The molecule has 2 aromatic rings. The minimum Gasteiger partial charge on any atom is -0.478 e. The van der Waals surface area contributed by atoms with Crippen molar-refractivity contribution in [1.82, 2.24) is 9.80 Å².